The smallest absolute Gasteiger partial charge is 0.289 e. The zero-order chi connectivity index (χ0) is 17.9. The number of hydrogen-bond donors (Lipinski definition) is 0. The van der Waals surface area contributed by atoms with Crippen LogP contribution >= 0.6 is 15.9 Å². The lowest BCUT2D eigenvalue weighted by atomic mass is 9.95. The average Bonchev–Trinajstić information content (AvgIpc) is 3.31. The molecule has 1 aliphatic heterocycles. The Kier molecular flexibility index (Phi) is 4.88. The van der Waals surface area contributed by atoms with Crippen LogP contribution in [-0.4, -0.2) is 38.4 Å². The van der Waals surface area contributed by atoms with Crippen LogP contribution in [0.15, 0.2) is 58.0 Å². The summed E-state index contributed by atoms with van der Waals surface area (Å²) < 4.78 is 8.12. The van der Waals surface area contributed by atoms with Crippen molar-refractivity contribution in [3.8, 4) is 0 Å². The summed E-state index contributed by atoms with van der Waals surface area (Å²) in [4.78, 5) is 23.3. The molecule has 7 heteroatoms. The van der Waals surface area contributed by atoms with E-state index in [1.807, 2.05) is 41.7 Å². The number of pyridine rings is 1. The molecule has 0 N–H and O–H groups in total. The van der Waals surface area contributed by atoms with Crippen molar-refractivity contribution >= 4 is 21.8 Å². The summed E-state index contributed by atoms with van der Waals surface area (Å²) >= 11 is 3.24. The molecule has 26 heavy (non-hydrogen) atoms. The van der Waals surface area contributed by atoms with Crippen LogP contribution in [0.5, 0.6) is 0 Å². The summed E-state index contributed by atoms with van der Waals surface area (Å²) in [6, 6.07) is 9.39. The van der Waals surface area contributed by atoms with Crippen molar-refractivity contribution in [2.45, 2.75) is 25.3 Å². The fourth-order valence-corrected chi connectivity index (χ4v) is 3.71. The van der Waals surface area contributed by atoms with E-state index in [-0.39, 0.29) is 5.91 Å². The molecule has 4 rings (SSSR count). The minimum Gasteiger partial charge on any atom is -0.444 e. The Morgan fingerprint density at radius 1 is 1.15 bits per heavy atom. The number of hydrogen-bond acceptors (Lipinski definition) is 4. The molecule has 0 radical (unpaired) electrons. The topological polar surface area (TPSA) is 64.2 Å². The second-order valence-electron chi connectivity index (χ2n) is 6.40. The van der Waals surface area contributed by atoms with E-state index < -0.39 is 0 Å². The number of carbonyl (C=O) groups excluding carboxylic acids is 1. The first-order chi connectivity index (χ1) is 12.7. The maximum Gasteiger partial charge on any atom is 0.289 e. The summed E-state index contributed by atoms with van der Waals surface area (Å²) in [5.74, 6) is 1.75. The molecule has 1 aliphatic rings. The van der Waals surface area contributed by atoms with Crippen LogP contribution in [0.3, 0.4) is 0 Å². The monoisotopic (exact) mass is 414 g/mol. The zero-order valence-corrected chi connectivity index (χ0v) is 15.8. The van der Waals surface area contributed by atoms with E-state index in [1.54, 1.807) is 12.1 Å². The van der Waals surface area contributed by atoms with Gasteiger partial charge in [-0.25, -0.2) is 4.98 Å². The van der Waals surface area contributed by atoms with Crippen LogP contribution in [0.1, 0.15) is 40.8 Å². The van der Waals surface area contributed by atoms with Gasteiger partial charge in [-0.3, -0.25) is 9.78 Å². The standard InChI is InChI=1S/C19H19BrN4O2/c20-17-5-4-16(26-17)19(25)23-10-6-14(7-11-23)18-22-9-12-24(18)13-15-3-1-2-8-21-15/h1-5,8-9,12,14H,6-7,10-11,13H2. The Balaban J connectivity index is 1.41. The molecule has 0 spiro atoms. The number of amides is 1. The Labute approximate surface area is 160 Å². The zero-order valence-electron chi connectivity index (χ0n) is 14.2. The molecule has 0 unspecified atom stereocenters. The molecule has 4 heterocycles. The van der Waals surface area contributed by atoms with Crippen LogP contribution < -0.4 is 0 Å². The predicted molar refractivity (Wildman–Crippen MR) is 99.9 cm³/mol. The minimum absolute atomic E-state index is 0.0500. The Bertz CT molecular complexity index is 882. The van der Waals surface area contributed by atoms with E-state index in [0.717, 1.165) is 30.9 Å². The maximum atomic E-state index is 12.5. The largest absolute Gasteiger partial charge is 0.444 e. The van der Waals surface area contributed by atoms with Crippen LogP contribution in [0, 0.1) is 0 Å². The van der Waals surface area contributed by atoms with Crippen molar-refractivity contribution in [1.82, 2.24) is 19.4 Å². The average molecular weight is 415 g/mol. The van der Waals surface area contributed by atoms with Gasteiger partial charge in [-0.15, -0.1) is 0 Å². The number of furan rings is 1. The number of aromatic nitrogens is 3. The molecular formula is C19H19BrN4O2. The molecule has 0 aliphatic carbocycles. The van der Waals surface area contributed by atoms with Gasteiger partial charge in [0.05, 0.1) is 12.2 Å². The van der Waals surface area contributed by atoms with Gasteiger partial charge in [0.2, 0.25) is 0 Å². The maximum absolute atomic E-state index is 12.5. The highest BCUT2D eigenvalue weighted by Crippen LogP contribution is 2.28. The van der Waals surface area contributed by atoms with Gasteiger partial charge in [-0.1, -0.05) is 6.07 Å². The van der Waals surface area contributed by atoms with Gasteiger partial charge >= 0.3 is 0 Å². The van der Waals surface area contributed by atoms with Crippen LogP contribution in [-0.2, 0) is 6.54 Å². The normalized spacial score (nSPS) is 15.3. The fourth-order valence-electron chi connectivity index (χ4n) is 3.41. The Morgan fingerprint density at radius 3 is 2.69 bits per heavy atom. The quantitative estimate of drug-likeness (QED) is 0.652. The van der Waals surface area contributed by atoms with E-state index in [1.165, 1.54) is 0 Å². The van der Waals surface area contributed by atoms with Gasteiger partial charge in [0.1, 0.15) is 5.82 Å². The van der Waals surface area contributed by atoms with Crippen molar-refractivity contribution in [3.63, 3.8) is 0 Å². The second-order valence-corrected chi connectivity index (χ2v) is 7.19. The summed E-state index contributed by atoms with van der Waals surface area (Å²) in [5, 5.41) is 0. The third-order valence-corrected chi connectivity index (χ3v) is 5.16. The molecule has 0 bridgehead atoms. The summed E-state index contributed by atoms with van der Waals surface area (Å²) in [7, 11) is 0. The molecule has 1 fully saturated rings. The third-order valence-electron chi connectivity index (χ3n) is 4.74. The van der Waals surface area contributed by atoms with E-state index in [0.29, 0.717) is 29.4 Å². The van der Waals surface area contributed by atoms with E-state index in [2.05, 4.69) is 30.5 Å². The molecule has 3 aromatic heterocycles. The summed E-state index contributed by atoms with van der Waals surface area (Å²) in [6.45, 7) is 2.13. The summed E-state index contributed by atoms with van der Waals surface area (Å²) in [6.07, 6.45) is 7.45. The summed E-state index contributed by atoms with van der Waals surface area (Å²) in [5.41, 5.74) is 1.02. The van der Waals surface area contributed by atoms with Crippen molar-refractivity contribution in [2.75, 3.05) is 13.1 Å². The molecule has 6 nitrogen and oxygen atoms in total. The highest BCUT2D eigenvalue weighted by molar-refractivity contribution is 9.10. The molecule has 0 aromatic carbocycles. The molecule has 0 atom stereocenters. The predicted octanol–water partition coefficient (Wildman–Crippen LogP) is 3.70. The minimum atomic E-state index is -0.0500. The van der Waals surface area contributed by atoms with Crippen LogP contribution in [0.25, 0.3) is 0 Å². The first kappa shape index (κ1) is 17.0. The highest BCUT2D eigenvalue weighted by Gasteiger charge is 2.28. The Morgan fingerprint density at radius 2 is 2.00 bits per heavy atom. The Hall–Kier alpha value is -2.41. The first-order valence-corrected chi connectivity index (χ1v) is 9.45. The molecule has 1 saturated heterocycles. The number of halogens is 1. The number of carbonyl (C=O) groups is 1. The molecule has 1 amide bonds. The fraction of sp³-hybridized carbons (Fsp3) is 0.316. The van der Waals surface area contributed by atoms with Crippen LogP contribution in [0.2, 0.25) is 0 Å². The first-order valence-electron chi connectivity index (χ1n) is 8.66. The lowest BCUT2D eigenvalue weighted by molar-refractivity contribution is 0.0677. The van der Waals surface area contributed by atoms with Crippen LogP contribution in [0.4, 0.5) is 0 Å². The lowest BCUT2D eigenvalue weighted by Gasteiger charge is -2.31. The van der Waals surface area contributed by atoms with Crippen molar-refractivity contribution in [3.05, 3.63) is 70.9 Å². The van der Waals surface area contributed by atoms with Gasteiger partial charge in [0.15, 0.2) is 10.4 Å². The van der Waals surface area contributed by atoms with E-state index in [9.17, 15) is 4.79 Å². The highest BCUT2D eigenvalue weighted by atomic mass is 79.9. The van der Waals surface area contributed by atoms with E-state index >= 15 is 0 Å². The second kappa shape index (κ2) is 7.45. The number of likely N-dealkylation sites (tertiary alicyclic amines) is 1. The number of rotatable bonds is 4. The van der Waals surface area contributed by atoms with Gasteiger partial charge in [-0.05, 0) is 53.0 Å². The van der Waals surface area contributed by atoms with Crippen molar-refractivity contribution in [1.29, 1.82) is 0 Å². The van der Waals surface area contributed by atoms with Gasteiger partial charge in [-0.2, -0.15) is 0 Å². The van der Waals surface area contributed by atoms with Gasteiger partial charge in [0, 0.05) is 37.6 Å². The number of nitrogens with zero attached hydrogens (tertiary/aromatic N) is 4. The van der Waals surface area contributed by atoms with Gasteiger partial charge < -0.3 is 13.9 Å². The molecule has 134 valence electrons. The SMILES string of the molecule is O=C(c1ccc(Br)o1)N1CCC(c2nccn2Cc2ccccn2)CC1. The van der Waals surface area contributed by atoms with Crippen molar-refractivity contribution < 1.29 is 9.21 Å². The molecule has 3 aromatic rings. The van der Waals surface area contributed by atoms with Gasteiger partial charge in [0.25, 0.3) is 5.91 Å². The lowest BCUT2D eigenvalue weighted by Crippen LogP contribution is -2.38. The number of piperidine rings is 1. The third kappa shape index (κ3) is 3.58. The molecular weight excluding hydrogens is 396 g/mol. The number of imidazole rings is 1. The van der Waals surface area contributed by atoms with E-state index in [4.69, 9.17) is 4.42 Å². The molecule has 0 saturated carbocycles. The van der Waals surface area contributed by atoms with Crippen molar-refractivity contribution in [2.24, 2.45) is 0 Å².